The second kappa shape index (κ2) is 11.4. The van der Waals surface area contributed by atoms with Crippen LogP contribution in [0.3, 0.4) is 0 Å². The molecule has 0 aliphatic carbocycles. The van der Waals surface area contributed by atoms with Gasteiger partial charge in [0.25, 0.3) is 0 Å². The van der Waals surface area contributed by atoms with E-state index in [1.54, 1.807) is 4.90 Å². The summed E-state index contributed by atoms with van der Waals surface area (Å²) in [4.78, 5) is 42.6. The van der Waals surface area contributed by atoms with Crippen molar-refractivity contribution < 1.29 is 14.4 Å². The number of nitrogens with two attached hydrogens (primary N) is 1. The van der Waals surface area contributed by atoms with Gasteiger partial charge >= 0.3 is 0 Å². The molecular formula is C25H32N4O3. The molecule has 0 aromatic heterocycles. The molecule has 1 fully saturated rings. The van der Waals surface area contributed by atoms with Gasteiger partial charge in [-0.15, -0.1) is 0 Å². The van der Waals surface area contributed by atoms with Gasteiger partial charge in [0, 0.05) is 45.7 Å². The summed E-state index contributed by atoms with van der Waals surface area (Å²) in [5.41, 5.74) is 8.49. The first-order valence-corrected chi connectivity index (χ1v) is 11.1. The highest BCUT2D eigenvalue weighted by Crippen LogP contribution is 2.12. The number of piperazine rings is 1. The molecule has 7 nitrogen and oxygen atoms in total. The lowest BCUT2D eigenvalue weighted by Crippen LogP contribution is -2.52. The Labute approximate surface area is 189 Å². The van der Waals surface area contributed by atoms with Crippen LogP contribution >= 0.6 is 0 Å². The van der Waals surface area contributed by atoms with Crippen LogP contribution < -0.4 is 5.73 Å². The number of amides is 3. The summed E-state index contributed by atoms with van der Waals surface area (Å²) in [6.07, 6.45) is 0.545. The van der Waals surface area contributed by atoms with E-state index in [-0.39, 0.29) is 24.8 Å². The van der Waals surface area contributed by atoms with Gasteiger partial charge in [0.15, 0.2) is 0 Å². The molecule has 2 N–H and O–H groups in total. The molecule has 0 bridgehead atoms. The molecule has 1 aliphatic heterocycles. The molecule has 0 radical (unpaired) electrons. The van der Waals surface area contributed by atoms with Crippen molar-refractivity contribution in [3.63, 3.8) is 0 Å². The minimum Gasteiger partial charge on any atom is -0.370 e. The van der Waals surface area contributed by atoms with Gasteiger partial charge < -0.3 is 15.5 Å². The highest BCUT2D eigenvalue weighted by Gasteiger charge is 2.24. The van der Waals surface area contributed by atoms with Crippen molar-refractivity contribution in [3.05, 3.63) is 71.3 Å². The molecule has 32 heavy (non-hydrogen) atoms. The summed E-state index contributed by atoms with van der Waals surface area (Å²) in [6.45, 7) is 5.56. The van der Waals surface area contributed by atoms with Gasteiger partial charge in [0.1, 0.15) is 0 Å². The fourth-order valence-corrected chi connectivity index (χ4v) is 3.87. The molecule has 2 aromatic rings. The third-order valence-corrected chi connectivity index (χ3v) is 5.88. The molecule has 1 saturated heterocycles. The zero-order chi connectivity index (χ0) is 22.9. The summed E-state index contributed by atoms with van der Waals surface area (Å²) < 4.78 is 0. The highest BCUT2D eigenvalue weighted by molar-refractivity contribution is 5.80. The van der Waals surface area contributed by atoms with Crippen LogP contribution in [0.15, 0.2) is 54.6 Å². The maximum Gasteiger partial charge on any atom is 0.237 e. The fourth-order valence-electron chi connectivity index (χ4n) is 3.87. The van der Waals surface area contributed by atoms with E-state index in [4.69, 9.17) is 5.73 Å². The molecule has 1 heterocycles. The Morgan fingerprint density at radius 2 is 1.59 bits per heavy atom. The lowest BCUT2D eigenvalue weighted by molar-refractivity contribution is -0.135. The molecule has 170 valence electrons. The summed E-state index contributed by atoms with van der Waals surface area (Å²) in [6, 6.07) is 17.7. The Morgan fingerprint density at radius 1 is 0.938 bits per heavy atom. The number of rotatable bonds is 9. The zero-order valence-electron chi connectivity index (χ0n) is 18.7. The number of benzene rings is 2. The smallest absolute Gasteiger partial charge is 0.237 e. The number of aryl methyl sites for hydroxylation is 1. The Morgan fingerprint density at radius 3 is 2.25 bits per heavy atom. The van der Waals surface area contributed by atoms with Crippen molar-refractivity contribution in [1.29, 1.82) is 0 Å². The third-order valence-electron chi connectivity index (χ3n) is 5.88. The average molecular weight is 437 g/mol. The molecule has 0 saturated carbocycles. The van der Waals surface area contributed by atoms with Gasteiger partial charge in [0.2, 0.25) is 17.7 Å². The molecule has 7 heteroatoms. The number of carbonyl (C=O) groups excluding carboxylic acids is 3. The SMILES string of the molecule is Cc1ccccc1CC(=O)N1CCN(CC(=O)N(CCC(N)=O)Cc2ccccc2)CC1. The molecule has 2 aromatic carbocycles. The standard InChI is InChI=1S/C25H32N4O3/c1-20-7-5-6-10-22(20)17-24(31)28-15-13-27(14-16-28)19-25(32)29(12-11-23(26)30)18-21-8-3-2-4-9-21/h2-10H,11-19H2,1H3,(H2,26,30). The predicted molar refractivity (Wildman–Crippen MR) is 124 cm³/mol. The molecule has 3 rings (SSSR count). The first-order valence-electron chi connectivity index (χ1n) is 11.1. The fraction of sp³-hybridized carbons (Fsp3) is 0.400. The van der Waals surface area contributed by atoms with Crippen molar-refractivity contribution in [2.45, 2.75) is 26.3 Å². The van der Waals surface area contributed by atoms with E-state index in [9.17, 15) is 14.4 Å². The highest BCUT2D eigenvalue weighted by atomic mass is 16.2. The van der Waals surface area contributed by atoms with E-state index in [0.717, 1.165) is 16.7 Å². The first kappa shape index (κ1) is 23.5. The van der Waals surface area contributed by atoms with E-state index in [0.29, 0.717) is 45.7 Å². The van der Waals surface area contributed by atoms with Crippen molar-refractivity contribution in [3.8, 4) is 0 Å². The molecular weight excluding hydrogens is 404 g/mol. The Kier molecular flexibility index (Phi) is 8.39. The quantitative estimate of drug-likeness (QED) is 0.647. The van der Waals surface area contributed by atoms with Gasteiger partial charge in [0.05, 0.1) is 13.0 Å². The topological polar surface area (TPSA) is 87.0 Å². The van der Waals surface area contributed by atoms with Crippen LogP contribution in [0.1, 0.15) is 23.1 Å². The maximum absolute atomic E-state index is 13.0. The van der Waals surface area contributed by atoms with Crippen molar-refractivity contribution in [1.82, 2.24) is 14.7 Å². The second-order valence-corrected chi connectivity index (χ2v) is 8.28. The maximum atomic E-state index is 13.0. The Balaban J connectivity index is 1.51. The van der Waals surface area contributed by atoms with Crippen molar-refractivity contribution in [2.24, 2.45) is 5.73 Å². The molecule has 0 spiro atoms. The lowest BCUT2D eigenvalue weighted by Gasteiger charge is -2.35. The zero-order valence-corrected chi connectivity index (χ0v) is 18.7. The second-order valence-electron chi connectivity index (χ2n) is 8.28. The molecule has 0 atom stereocenters. The summed E-state index contributed by atoms with van der Waals surface area (Å²) in [5, 5.41) is 0. The van der Waals surface area contributed by atoms with Crippen molar-refractivity contribution >= 4 is 17.7 Å². The summed E-state index contributed by atoms with van der Waals surface area (Å²) >= 11 is 0. The van der Waals surface area contributed by atoms with Gasteiger partial charge in [-0.25, -0.2) is 0 Å². The Bertz CT molecular complexity index is 924. The number of primary amides is 1. The van der Waals surface area contributed by atoms with E-state index >= 15 is 0 Å². The summed E-state index contributed by atoms with van der Waals surface area (Å²) in [5.74, 6) is -0.330. The number of hydrogen-bond donors (Lipinski definition) is 1. The van der Waals surface area contributed by atoms with E-state index < -0.39 is 5.91 Å². The monoisotopic (exact) mass is 436 g/mol. The molecule has 0 unspecified atom stereocenters. The lowest BCUT2D eigenvalue weighted by atomic mass is 10.1. The minimum atomic E-state index is -0.420. The van der Waals surface area contributed by atoms with Gasteiger partial charge in [-0.1, -0.05) is 54.6 Å². The van der Waals surface area contributed by atoms with E-state index in [2.05, 4.69) is 4.90 Å². The van der Waals surface area contributed by atoms with Crippen LogP contribution in [-0.2, 0) is 27.3 Å². The first-order chi connectivity index (χ1) is 15.4. The predicted octanol–water partition coefficient (Wildman–Crippen LogP) is 1.59. The molecule has 3 amide bonds. The molecule has 1 aliphatic rings. The normalized spacial score (nSPS) is 14.2. The van der Waals surface area contributed by atoms with Crippen LogP contribution in [0.25, 0.3) is 0 Å². The Hall–Kier alpha value is -3.19. The van der Waals surface area contributed by atoms with Gasteiger partial charge in [-0.3, -0.25) is 19.3 Å². The van der Waals surface area contributed by atoms with Crippen LogP contribution in [0.5, 0.6) is 0 Å². The summed E-state index contributed by atoms with van der Waals surface area (Å²) in [7, 11) is 0. The number of nitrogens with zero attached hydrogens (tertiary/aromatic N) is 3. The largest absolute Gasteiger partial charge is 0.370 e. The van der Waals surface area contributed by atoms with Crippen LogP contribution in [0, 0.1) is 6.92 Å². The number of carbonyl (C=O) groups is 3. The van der Waals surface area contributed by atoms with Crippen LogP contribution in [0.2, 0.25) is 0 Å². The van der Waals surface area contributed by atoms with Crippen LogP contribution in [0.4, 0.5) is 0 Å². The van der Waals surface area contributed by atoms with Crippen molar-refractivity contribution in [2.75, 3.05) is 39.3 Å². The van der Waals surface area contributed by atoms with E-state index in [1.165, 1.54) is 0 Å². The minimum absolute atomic E-state index is 0.0326. The average Bonchev–Trinajstić information content (AvgIpc) is 2.79. The third kappa shape index (κ3) is 6.92. The van der Waals surface area contributed by atoms with Crippen LogP contribution in [-0.4, -0.2) is 71.7 Å². The van der Waals surface area contributed by atoms with E-state index in [1.807, 2.05) is 66.4 Å². The van der Waals surface area contributed by atoms with Gasteiger partial charge in [-0.2, -0.15) is 0 Å². The van der Waals surface area contributed by atoms with Gasteiger partial charge in [-0.05, 0) is 23.6 Å². The number of hydrogen-bond acceptors (Lipinski definition) is 4.